The van der Waals surface area contributed by atoms with Gasteiger partial charge in [-0.25, -0.2) is 0 Å². The summed E-state index contributed by atoms with van der Waals surface area (Å²) in [5.74, 6) is 0.979. The molecular weight excluding hydrogens is 358 g/mol. The van der Waals surface area contributed by atoms with Crippen molar-refractivity contribution >= 4 is 10.9 Å². The van der Waals surface area contributed by atoms with Crippen molar-refractivity contribution in [2.24, 2.45) is 0 Å². The van der Waals surface area contributed by atoms with E-state index >= 15 is 0 Å². The summed E-state index contributed by atoms with van der Waals surface area (Å²) in [7, 11) is 2.24. The quantitative estimate of drug-likeness (QED) is 0.726. The number of aromatic nitrogens is 1. The molecule has 2 atom stereocenters. The van der Waals surface area contributed by atoms with E-state index in [4.69, 9.17) is 4.74 Å². The molecule has 0 spiro atoms. The standard InChI is InChI=1S/C25H31N3O/c1-18(15-28-9-11-29-12-10-28)19-3-5-23-22(13-19)16-27(2)17-24(23)20-4-6-25-21(14-20)7-8-26-25/h3-8,13-14,18,24,26H,9-12,15-17H2,1-2H3. The maximum absolute atomic E-state index is 5.50. The Morgan fingerprint density at radius 1 is 1.10 bits per heavy atom. The van der Waals surface area contributed by atoms with Gasteiger partial charge in [-0.2, -0.15) is 0 Å². The summed E-state index contributed by atoms with van der Waals surface area (Å²) in [5.41, 5.74) is 7.08. The molecule has 29 heavy (non-hydrogen) atoms. The van der Waals surface area contributed by atoms with Crippen molar-refractivity contribution in [1.29, 1.82) is 0 Å². The molecule has 0 amide bonds. The van der Waals surface area contributed by atoms with Gasteiger partial charge in [-0.3, -0.25) is 4.90 Å². The lowest BCUT2D eigenvalue weighted by Crippen LogP contribution is -2.38. The van der Waals surface area contributed by atoms with Crippen LogP contribution in [0.5, 0.6) is 0 Å². The van der Waals surface area contributed by atoms with Crippen LogP contribution < -0.4 is 0 Å². The first-order valence-electron chi connectivity index (χ1n) is 10.9. The molecule has 3 heterocycles. The van der Waals surface area contributed by atoms with Crippen LogP contribution in [0.15, 0.2) is 48.7 Å². The molecule has 4 nitrogen and oxygen atoms in total. The summed E-state index contributed by atoms with van der Waals surface area (Å²) in [6, 6.07) is 16.3. The third-order valence-corrected chi connectivity index (χ3v) is 6.66. The number of fused-ring (bicyclic) bond motifs is 2. The molecule has 1 N–H and O–H groups in total. The van der Waals surface area contributed by atoms with Gasteiger partial charge in [-0.15, -0.1) is 0 Å². The molecule has 2 aliphatic heterocycles. The monoisotopic (exact) mass is 389 g/mol. The summed E-state index contributed by atoms with van der Waals surface area (Å²) in [5, 5.41) is 1.30. The van der Waals surface area contributed by atoms with Crippen molar-refractivity contribution in [2.75, 3.05) is 46.4 Å². The zero-order valence-electron chi connectivity index (χ0n) is 17.5. The fourth-order valence-electron chi connectivity index (χ4n) is 5.02. The van der Waals surface area contributed by atoms with Gasteiger partial charge in [0.25, 0.3) is 0 Å². The lowest BCUT2D eigenvalue weighted by molar-refractivity contribution is 0.0357. The van der Waals surface area contributed by atoms with Crippen LogP contribution in [0.4, 0.5) is 0 Å². The van der Waals surface area contributed by atoms with E-state index in [1.165, 1.54) is 33.2 Å². The second-order valence-electron chi connectivity index (χ2n) is 8.85. The molecule has 152 valence electrons. The largest absolute Gasteiger partial charge is 0.379 e. The number of morpholine rings is 1. The summed E-state index contributed by atoms with van der Waals surface area (Å²) in [6.45, 7) is 9.45. The highest BCUT2D eigenvalue weighted by Crippen LogP contribution is 2.35. The van der Waals surface area contributed by atoms with Crippen molar-refractivity contribution < 1.29 is 4.74 Å². The molecule has 2 unspecified atom stereocenters. The van der Waals surface area contributed by atoms with E-state index in [1.54, 1.807) is 0 Å². The molecule has 5 rings (SSSR count). The van der Waals surface area contributed by atoms with Crippen LogP contribution in [-0.4, -0.2) is 61.2 Å². The smallest absolute Gasteiger partial charge is 0.0594 e. The van der Waals surface area contributed by atoms with Crippen molar-refractivity contribution in [3.8, 4) is 0 Å². The van der Waals surface area contributed by atoms with Crippen LogP contribution in [-0.2, 0) is 11.3 Å². The Hall–Kier alpha value is -2.14. The third kappa shape index (κ3) is 3.85. The van der Waals surface area contributed by atoms with Crippen LogP contribution in [0.1, 0.15) is 41.0 Å². The average Bonchev–Trinajstić information content (AvgIpc) is 3.21. The highest BCUT2D eigenvalue weighted by Gasteiger charge is 2.26. The summed E-state index contributed by atoms with van der Waals surface area (Å²) < 4.78 is 5.50. The van der Waals surface area contributed by atoms with Gasteiger partial charge in [0.1, 0.15) is 0 Å². The highest BCUT2D eigenvalue weighted by molar-refractivity contribution is 5.80. The number of H-pyrrole nitrogens is 1. The lowest BCUT2D eigenvalue weighted by Gasteiger charge is -2.34. The van der Waals surface area contributed by atoms with E-state index in [-0.39, 0.29) is 0 Å². The van der Waals surface area contributed by atoms with E-state index in [9.17, 15) is 0 Å². The number of ether oxygens (including phenoxy) is 1. The van der Waals surface area contributed by atoms with Gasteiger partial charge in [0.15, 0.2) is 0 Å². The van der Waals surface area contributed by atoms with Crippen molar-refractivity contribution in [1.82, 2.24) is 14.8 Å². The van der Waals surface area contributed by atoms with Gasteiger partial charge >= 0.3 is 0 Å². The number of rotatable bonds is 4. The van der Waals surface area contributed by atoms with Gasteiger partial charge in [-0.05, 0) is 58.8 Å². The summed E-state index contributed by atoms with van der Waals surface area (Å²) >= 11 is 0. The van der Waals surface area contributed by atoms with Gasteiger partial charge in [0, 0.05) is 50.4 Å². The van der Waals surface area contributed by atoms with E-state index in [2.05, 4.69) is 71.2 Å². The predicted octanol–water partition coefficient (Wildman–Crippen LogP) is 4.18. The molecule has 1 aromatic heterocycles. The Morgan fingerprint density at radius 3 is 2.83 bits per heavy atom. The Labute approximate surface area is 173 Å². The van der Waals surface area contributed by atoms with Gasteiger partial charge < -0.3 is 14.6 Å². The number of hydrogen-bond donors (Lipinski definition) is 1. The van der Waals surface area contributed by atoms with E-state index < -0.39 is 0 Å². The van der Waals surface area contributed by atoms with Crippen molar-refractivity contribution in [2.45, 2.75) is 25.3 Å². The second-order valence-corrected chi connectivity index (χ2v) is 8.85. The first kappa shape index (κ1) is 18.9. The normalized spacial score (nSPS) is 21.9. The summed E-state index contributed by atoms with van der Waals surface area (Å²) in [4.78, 5) is 8.31. The van der Waals surface area contributed by atoms with Crippen molar-refractivity contribution in [3.05, 3.63) is 70.9 Å². The van der Waals surface area contributed by atoms with Gasteiger partial charge in [0.05, 0.1) is 13.2 Å². The minimum absolute atomic E-state index is 0.437. The first-order chi connectivity index (χ1) is 14.2. The SMILES string of the molecule is CC(CN1CCOCC1)c1ccc2c(c1)CN(C)CC2c1ccc2[nH]ccc2c1. The molecule has 1 saturated heterocycles. The number of benzene rings is 2. The Balaban J connectivity index is 1.42. The van der Waals surface area contributed by atoms with Crippen molar-refractivity contribution in [3.63, 3.8) is 0 Å². The predicted molar refractivity (Wildman–Crippen MR) is 119 cm³/mol. The molecule has 2 aromatic carbocycles. The molecule has 0 saturated carbocycles. The Bertz CT molecular complexity index is 989. The molecule has 4 heteroatoms. The van der Waals surface area contributed by atoms with Crippen LogP contribution in [0, 0.1) is 0 Å². The summed E-state index contributed by atoms with van der Waals surface area (Å²) in [6.07, 6.45) is 2.03. The van der Waals surface area contributed by atoms with E-state index in [1.807, 2.05) is 6.20 Å². The van der Waals surface area contributed by atoms with Crippen LogP contribution in [0.25, 0.3) is 10.9 Å². The number of aromatic amines is 1. The lowest BCUT2D eigenvalue weighted by atomic mass is 9.82. The topological polar surface area (TPSA) is 31.5 Å². The van der Waals surface area contributed by atoms with Crippen LogP contribution in [0.3, 0.4) is 0 Å². The average molecular weight is 390 g/mol. The maximum Gasteiger partial charge on any atom is 0.0594 e. The maximum atomic E-state index is 5.50. The minimum Gasteiger partial charge on any atom is -0.379 e. The minimum atomic E-state index is 0.437. The van der Waals surface area contributed by atoms with Gasteiger partial charge in [0.2, 0.25) is 0 Å². The third-order valence-electron chi connectivity index (χ3n) is 6.66. The first-order valence-corrected chi connectivity index (χ1v) is 10.9. The molecule has 0 bridgehead atoms. The number of nitrogens with zero attached hydrogens (tertiary/aromatic N) is 2. The molecule has 0 aliphatic carbocycles. The molecule has 0 radical (unpaired) electrons. The molecule has 1 fully saturated rings. The highest BCUT2D eigenvalue weighted by atomic mass is 16.5. The zero-order valence-corrected chi connectivity index (χ0v) is 17.5. The fraction of sp³-hybridized carbons (Fsp3) is 0.440. The Kier molecular flexibility index (Phi) is 5.17. The zero-order chi connectivity index (χ0) is 19.8. The van der Waals surface area contributed by atoms with Crippen LogP contribution >= 0.6 is 0 Å². The molecule has 2 aliphatic rings. The molecule has 3 aromatic rings. The number of likely N-dealkylation sites (N-methyl/N-ethyl adjacent to an activating group) is 1. The van der Waals surface area contributed by atoms with Crippen LogP contribution in [0.2, 0.25) is 0 Å². The van der Waals surface area contributed by atoms with E-state index in [0.29, 0.717) is 11.8 Å². The second kappa shape index (κ2) is 7.94. The van der Waals surface area contributed by atoms with E-state index in [0.717, 1.165) is 45.9 Å². The molecular formula is C25H31N3O. The van der Waals surface area contributed by atoms with Gasteiger partial charge in [-0.1, -0.05) is 31.2 Å². The fourth-order valence-corrected chi connectivity index (χ4v) is 5.02. The number of nitrogens with one attached hydrogen (secondary N) is 1. The number of hydrogen-bond acceptors (Lipinski definition) is 3. The Morgan fingerprint density at radius 2 is 1.97 bits per heavy atom.